The summed E-state index contributed by atoms with van der Waals surface area (Å²) < 4.78 is 5.20. The molecule has 2 aliphatic heterocycles. The van der Waals surface area contributed by atoms with Gasteiger partial charge in [-0.15, -0.1) is 11.3 Å². The van der Waals surface area contributed by atoms with E-state index in [0.29, 0.717) is 23.0 Å². The predicted octanol–water partition coefficient (Wildman–Crippen LogP) is 2.13. The van der Waals surface area contributed by atoms with Crippen LogP contribution >= 0.6 is 11.3 Å². The van der Waals surface area contributed by atoms with Crippen molar-refractivity contribution < 1.29 is 24.2 Å². The molecule has 1 aromatic heterocycles. The lowest BCUT2D eigenvalue weighted by Crippen LogP contribution is -2.40. The largest absolute Gasteiger partial charge is 0.497 e. The lowest BCUT2D eigenvalue weighted by Gasteiger charge is -2.23. The monoisotopic (exact) mass is 460 g/mol. The SMILES string of the molecule is COc1cccc(NC(=O)c2nc3c(s2)CCN(CC(=O)N2CCCC2)CC3)c1.O=CO. The summed E-state index contributed by atoms with van der Waals surface area (Å²) in [5.74, 6) is 0.734. The molecule has 10 heteroatoms. The van der Waals surface area contributed by atoms with E-state index in [1.165, 1.54) is 11.3 Å². The Morgan fingerprint density at radius 2 is 1.94 bits per heavy atom. The number of hydrogen-bond donors (Lipinski definition) is 2. The predicted molar refractivity (Wildman–Crippen MR) is 121 cm³/mol. The highest BCUT2D eigenvalue weighted by Gasteiger charge is 2.24. The number of carbonyl (C=O) groups is 3. The van der Waals surface area contributed by atoms with Crippen LogP contribution < -0.4 is 10.1 Å². The van der Waals surface area contributed by atoms with Crippen LogP contribution in [-0.2, 0) is 22.4 Å². The molecule has 1 saturated heterocycles. The number of anilines is 1. The molecule has 0 radical (unpaired) electrons. The number of thiazole rings is 1. The first-order chi connectivity index (χ1) is 15.5. The number of fused-ring (bicyclic) bond motifs is 1. The minimum atomic E-state index is -0.250. The number of likely N-dealkylation sites (tertiary alicyclic amines) is 1. The number of nitrogens with one attached hydrogen (secondary N) is 1. The topological polar surface area (TPSA) is 112 Å². The number of rotatable bonds is 5. The number of amides is 2. The maximum Gasteiger partial charge on any atom is 0.290 e. The number of nitrogens with zero attached hydrogens (tertiary/aromatic N) is 3. The number of benzene rings is 1. The highest BCUT2D eigenvalue weighted by atomic mass is 32.1. The minimum absolute atomic E-state index is 0.197. The number of carboxylic acid groups (broad SMARTS) is 1. The molecule has 9 nitrogen and oxygen atoms in total. The van der Waals surface area contributed by atoms with Gasteiger partial charge in [-0.3, -0.25) is 19.3 Å². The smallest absolute Gasteiger partial charge is 0.290 e. The van der Waals surface area contributed by atoms with Crippen molar-refractivity contribution in [2.45, 2.75) is 25.7 Å². The molecule has 0 unspecified atom stereocenters. The van der Waals surface area contributed by atoms with Crippen LogP contribution in [0, 0.1) is 0 Å². The van der Waals surface area contributed by atoms with Crippen LogP contribution in [0.3, 0.4) is 0 Å². The van der Waals surface area contributed by atoms with Crippen molar-refractivity contribution in [3.8, 4) is 5.75 Å². The molecule has 0 saturated carbocycles. The molecular formula is C22H28N4O5S. The molecule has 2 aliphatic rings. The van der Waals surface area contributed by atoms with Gasteiger partial charge in [0, 0.05) is 49.2 Å². The van der Waals surface area contributed by atoms with Gasteiger partial charge in [-0.05, 0) is 31.4 Å². The fraction of sp³-hybridized carbons (Fsp3) is 0.455. The van der Waals surface area contributed by atoms with E-state index in [1.807, 2.05) is 23.1 Å². The molecule has 0 bridgehead atoms. The fourth-order valence-electron chi connectivity index (χ4n) is 3.81. The fourth-order valence-corrected chi connectivity index (χ4v) is 4.80. The summed E-state index contributed by atoms with van der Waals surface area (Å²) in [6.07, 6.45) is 3.83. The Hall–Kier alpha value is -2.98. The van der Waals surface area contributed by atoms with Crippen LogP contribution in [0.5, 0.6) is 5.75 Å². The van der Waals surface area contributed by atoms with Gasteiger partial charge in [-0.2, -0.15) is 0 Å². The average molecular weight is 461 g/mol. The van der Waals surface area contributed by atoms with Gasteiger partial charge in [0.05, 0.1) is 19.3 Å². The third kappa shape index (κ3) is 6.27. The third-order valence-electron chi connectivity index (χ3n) is 5.44. The lowest BCUT2D eigenvalue weighted by atomic mass is 10.2. The number of aromatic nitrogens is 1. The Balaban J connectivity index is 0.000000913. The van der Waals surface area contributed by atoms with Gasteiger partial charge in [-0.1, -0.05) is 6.07 Å². The van der Waals surface area contributed by atoms with Crippen molar-refractivity contribution in [2.75, 3.05) is 45.2 Å². The van der Waals surface area contributed by atoms with Gasteiger partial charge >= 0.3 is 0 Å². The second-order valence-electron chi connectivity index (χ2n) is 7.54. The normalized spacial score (nSPS) is 15.7. The van der Waals surface area contributed by atoms with Gasteiger partial charge in [0.25, 0.3) is 12.4 Å². The van der Waals surface area contributed by atoms with Gasteiger partial charge in [0.1, 0.15) is 5.75 Å². The first kappa shape index (κ1) is 23.7. The van der Waals surface area contributed by atoms with Crippen LogP contribution in [0.2, 0.25) is 0 Å². The zero-order valence-electron chi connectivity index (χ0n) is 18.1. The zero-order chi connectivity index (χ0) is 22.9. The molecular weight excluding hydrogens is 432 g/mol. The van der Waals surface area contributed by atoms with Crippen LogP contribution in [0.1, 0.15) is 33.2 Å². The first-order valence-corrected chi connectivity index (χ1v) is 11.4. The summed E-state index contributed by atoms with van der Waals surface area (Å²) in [5, 5.41) is 10.3. The second-order valence-corrected chi connectivity index (χ2v) is 8.63. The van der Waals surface area contributed by atoms with E-state index < -0.39 is 0 Å². The van der Waals surface area contributed by atoms with Crippen molar-refractivity contribution in [3.63, 3.8) is 0 Å². The third-order valence-corrected chi connectivity index (χ3v) is 6.59. The molecule has 2 aromatic rings. The molecule has 0 atom stereocenters. The van der Waals surface area contributed by atoms with E-state index in [9.17, 15) is 9.59 Å². The molecule has 1 aromatic carbocycles. The standard InChI is InChI=1S/C21H26N4O3S.CH2O2/c1-28-16-6-4-5-15(13-16)22-20(27)21-23-17-7-11-24(12-8-18(17)29-21)14-19(26)25-9-2-3-10-25;2-1-3/h4-6,13H,2-3,7-12,14H2,1H3,(H,22,27);1H,(H,2,3). The van der Waals surface area contributed by atoms with Gasteiger partial charge in [-0.25, -0.2) is 4.98 Å². The molecule has 2 N–H and O–H groups in total. The maximum absolute atomic E-state index is 12.6. The summed E-state index contributed by atoms with van der Waals surface area (Å²) in [6.45, 7) is 3.65. The molecule has 1 fully saturated rings. The Bertz CT molecular complexity index is 917. The summed E-state index contributed by atoms with van der Waals surface area (Å²) >= 11 is 1.46. The zero-order valence-corrected chi connectivity index (χ0v) is 18.9. The van der Waals surface area contributed by atoms with Crippen LogP contribution in [0.15, 0.2) is 24.3 Å². The van der Waals surface area contributed by atoms with E-state index in [-0.39, 0.29) is 18.3 Å². The summed E-state index contributed by atoms with van der Waals surface area (Å²) in [5.41, 5.74) is 1.67. The van der Waals surface area contributed by atoms with Gasteiger partial charge < -0.3 is 20.1 Å². The van der Waals surface area contributed by atoms with E-state index in [2.05, 4.69) is 15.2 Å². The minimum Gasteiger partial charge on any atom is -0.497 e. The number of methoxy groups -OCH3 is 1. The molecule has 0 aliphatic carbocycles. The van der Waals surface area contributed by atoms with E-state index >= 15 is 0 Å². The molecule has 172 valence electrons. The highest BCUT2D eigenvalue weighted by molar-refractivity contribution is 7.13. The van der Waals surface area contributed by atoms with Crippen molar-refractivity contribution in [1.29, 1.82) is 0 Å². The van der Waals surface area contributed by atoms with Crippen molar-refractivity contribution in [2.24, 2.45) is 0 Å². The van der Waals surface area contributed by atoms with Gasteiger partial charge in [0.2, 0.25) is 5.91 Å². The van der Waals surface area contributed by atoms with Gasteiger partial charge in [0.15, 0.2) is 5.01 Å². The summed E-state index contributed by atoms with van der Waals surface area (Å²) in [7, 11) is 1.60. The summed E-state index contributed by atoms with van der Waals surface area (Å²) in [4.78, 5) is 43.3. The lowest BCUT2D eigenvalue weighted by molar-refractivity contribution is -0.131. The number of ether oxygens (including phenoxy) is 1. The average Bonchev–Trinajstić information content (AvgIpc) is 3.43. The molecule has 3 heterocycles. The highest BCUT2D eigenvalue weighted by Crippen LogP contribution is 2.25. The Labute approximate surface area is 191 Å². The molecule has 4 rings (SSSR count). The van der Waals surface area contributed by atoms with Crippen molar-refractivity contribution in [3.05, 3.63) is 39.8 Å². The quantitative estimate of drug-likeness (QED) is 0.658. The second kappa shape index (κ2) is 11.6. The summed E-state index contributed by atoms with van der Waals surface area (Å²) in [6, 6.07) is 7.28. The van der Waals surface area contributed by atoms with E-state index in [4.69, 9.17) is 14.6 Å². The Morgan fingerprint density at radius 3 is 2.66 bits per heavy atom. The molecule has 0 spiro atoms. The van der Waals surface area contributed by atoms with Crippen LogP contribution in [0.25, 0.3) is 0 Å². The first-order valence-electron chi connectivity index (χ1n) is 10.6. The maximum atomic E-state index is 12.6. The van der Waals surface area contributed by atoms with Crippen LogP contribution in [-0.4, -0.2) is 78.0 Å². The number of hydrogen-bond acceptors (Lipinski definition) is 7. The Morgan fingerprint density at radius 1 is 1.22 bits per heavy atom. The number of carbonyl (C=O) groups excluding carboxylic acids is 2. The van der Waals surface area contributed by atoms with Crippen molar-refractivity contribution >= 4 is 35.3 Å². The van der Waals surface area contributed by atoms with Crippen LogP contribution in [0.4, 0.5) is 5.69 Å². The Kier molecular flexibility index (Phi) is 8.57. The van der Waals surface area contributed by atoms with Crippen molar-refractivity contribution in [1.82, 2.24) is 14.8 Å². The molecule has 2 amide bonds. The van der Waals surface area contributed by atoms with E-state index in [0.717, 1.165) is 62.4 Å². The molecule has 32 heavy (non-hydrogen) atoms. The van der Waals surface area contributed by atoms with E-state index in [1.54, 1.807) is 13.2 Å².